The SMILES string of the molecule is CCCCCS(=O)(=O)CC(=O)N1CCN(S(=O)(=O)c2cccc(C(C)=O)c2)CC1. The predicted octanol–water partition coefficient (Wildman–Crippen LogP) is 1.33. The summed E-state index contributed by atoms with van der Waals surface area (Å²) in [5.41, 5.74) is 0.313. The first kappa shape index (κ1) is 23.5. The molecule has 1 saturated heterocycles. The lowest BCUT2D eigenvalue weighted by Gasteiger charge is -2.34. The number of amides is 1. The van der Waals surface area contributed by atoms with Gasteiger partial charge in [0.25, 0.3) is 0 Å². The molecule has 1 amide bonds. The normalized spacial score (nSPS) is 16.0. The topological polar surface area (TPSA) is 109 Å². The number of Topliss-reactive ketones (excluding diaryl/α,β-unsaturated/α-hetero) is 1. The highest BCUT2D eigenvalue weighted by Crippen LogP contribution is 2.19. The van der Waals surface area contributed by atoms with Crippen molar-refractivity contribution in [3.8, 4) is 0 Å². The molecule has 8 nitrogen and oxygen atoms in total. The molecule has 0 unspecified atom stereocenters. The third kappa shape index (κ3) is 6.35. The molecule has 0 bridgehead atoms. The molecule has 1 aliphatic rings. The van der Waals surface area contributed by atoms with Crippen LogP contribution >= 0.6 is 0 Å². The Hall–Kier alpha value is -1.78. The Morgan fingerprint density at radius 3 is 2.24 bits per heavy atom. The van der Waals surface area contributed by atoms with E-state index in [9.17, 15) is 26.4 Å². The molecule has 0 aromatic heterocycles. The molecule has 0 saturated carbocycles. The van der Waals surface area contributed by atoms with Gasteiger partial charge in [-0.15, -0.1) is 0 Å². The third-order valence-corrected chi connectivity index (χ3v) is 8.36. The van der Waals surface area contributed by atoms with Gasteiger partial charge in [0.15, 0.2) is 15.6 Å². The lowest BCUT2D eigenvalue weighted by molar-refractivity contribution is -0.129. The largest absolute Gasteiger partial charge is 0.339 e. The van der Waals surface area contributed by atoms with Crippen LogP contribution < -0.4 is 0 Å². The molecule has 0 N–H and O–H groups in total. The van der Waals surface area contributed by atoms with Gasteiger partial charge in [0.2, 0.25) is 15.9 Å². The average molecular weight is 445 g/mol. The van der Waals surface area contributed by atoms with Gasteiger partial charge in [0, 0.05) is 31.7 Å². The number of benzene rings is 1. The molecule has 1 fully saturated rings. The van der Waals surface area contributed by atoms with Crippen LogP contribution in [0.25, 0.3) is 0 Å². The Labute approximate surface area is 172 Å². The second-order valence-corrected chi connectivity index (χ2v) is 11.3. The molecule has 162 valence electrons. The lowest BCUT2D eigenvalue weighted by atomic mass is 10.2. The molecule has 2 rings (SSSR count). The quantitative estimate of drug-likeness (QED) is 0.420. The van der Waals surface area contributed by atoms with Crippen LogP contribution in [0.2, 0.25) is 0 Å². The molecule has 0 atom stereocenters. The summed E-state index contributed by atoms with van der Waals surface area (Å²) in [6, 6.07) is 5.85. The number of sulfonamides is 1. The number of hydrogen-bond acceptors (Lipinski definition) is 6. The van der Waals surface area contributed by atoms with Crippen LogP contribution in [-0.4, -0.2) is 75.4 Å². The summed E-state index contributed by atoms with van der Waals surface area (Å²) in [5, 5.41) is 0. The molecule has 29 heavy (non-hydrogen) atoms. The van der Waals surface area contributed by atoms with E-state index in [1.165, 1.54) is 34.3 Å². The first-order chi connectivity index (χ1) is 13.6. The standard InChI is InChI=1S/C19H28N2O6S2/c1-3-4-5-13-28(24,25)15-19(23)20-9-11-21(12-10-20)29(26,27)18-8-6-7-17(14-18)16(2)22/h6-8,14H,3-5,9-13,15H2,1-2H3. The summed E-state index contributed by atoms with van der Waals surface area (Å²) < 4.78 is 51.1. The van der Waals surface area contributed by atoms with E-state index < -0.39 is 31.5 Å². The van der Waals surface area contributed by atoms with E-state index in [0.29, 0.717) is 12.0 Å². The highest BCUT2D eigenvalue weighted by atomic mass is 32.2. The van der Waals surface area contributed by atoms with Gasteiger partial charge >= 0.3 is 0 Å². The van der Waals surface area contributed by atoms with Crippen molar-refractivity contribution in [1.29, 1.82) is 0 Å². The fourth-order valence-electron chi connectivity index (χ4n) is 3.13. The Bertz CT molecular complexity index is 949. The number of carbonyl (C=O) groups is 2. The fraction of sp³-hybridized carbons (Fsp3) is 0.579. The molecular formula is C19H28N2O6S2. The first-order valence-electron chi connectivity index (χ1n) is 9.66. The smallest absolute Gasteiger partial charge is 0.243 e. The van der Waals surface area contributed by atoms with Gasteiger partial charge in [-0.05, 0) is 25.5 Å². The van der Waals surface area contributed by atoms with Crippen molar-refractivity contribution in [3.63, 3.8) is 0 Å². The van der Waals surface area contributed by atoms with Crippen molar-refractivity contribution in [2.75, 3.05) is 37.7 Å². The van der Waals surface area contributed by atoms with E-state index in [2.05, 4.69) is 0 Å². The van der Waals surface area contributed by atoms with Crippen LogP contribution in [0.4, 0.5) is 0 Å². The monoisotopic (exact) mass is 444 g/mol. The maximum absolute atomic E-state index is 12.8. The Morgan fingerprint density at radius 1 is 1.00 bits per heavy atom. The van der Waals surface area contributed by atoms with Gasteiger partial charge in [0.05, 0.1) is 10.6 Å². The van der Waals surface area contributed by atoms with Crippen molar-refractivity contribution in [2.24, 2.45) is 0 Å². The fourth-order valence-corrected chi connectivity index (χ4v) is 5.94. The molecule has 0 spiro atoms. The van der Waals surface area contributed by atoms with Crippen LogP contribution in [0.5, 0.6) is 0 Å². The number of unbranched alkanes of at least 4 members (excludes halogenated alkanes) is 2. The van der Waals surface area contributed by atoms with Gasteiger partial charge in [-0.3, -0.25) is 9.59 Å². The summed E-state index contributed by atoms with van der Waals surface area (Å²) in [6.07, 6.45) is 2.24. The number of sulfone groups is 1. The van der Waals surface area contributed by atoms with Gasteiger partial charge in [-0.25, -0.2) is 16.8 Å². The Morgan fingerprint density at radius 2 is 1.66 bits per heavy atom. The van der Waals surface area contributed by atoms with Gasteiger partial charge in [-0.2, -0.15) is 4.31 Å². The van der Waals surface area contributed by atoms with Crippen molar-refractivity contribution in [1.82, 2.24) is 9.21 Å². The third-order valence-electron chi connectivity index (χ3n) is 4.87. The maximum Gasteiger partial charge on any atom is 0.243 e. The van der Waals surface area contributed by atoms with E-state index in [1.54, 1.807) is 6.07 Å². The molecule has 0 aliphatic carbocycles. The number of nitrogens with zero attached hydrogens (tertiary/aromatic N) is 2. The summed E-state index contributed by atoms with van der Waals surface area (Å²) >= 11 is 0. The van der Waals surface area contributed by atoms with Crippen LogP contribution in [-0.2, 0) is 24.7 Å². The zero-order chi connectivity index (χ0) is 21.7. The van der Waals surface area contributed by atoms with Crippen molar-refractivity contribution < 1.29 is 26.4 Å². The maximum atomic E-state index is 12.8. The second-order valence-electron chi connectivity index (χ2n) is 7.17. The molecule has 1 aliphatic heterocycles. The second kappa shape index (κ2) is 9.82. The van der Waals surface area contributed by atoms with Gasteiger partial charge in [0.1, 0.15) is 5.75 Å². The Balaban J connectivity index is 1.98. The molecule has 10 heteroatoms. The molecular weight excluding hydrogens is 416 g/mol. The zero-order valence-corrected chi connectivity index (χ0v) is 18.5. The molecule has 1 aromatic carbocycles. The predicted molar refractivity (Wildman–Crippen MR) is 110 cm³/mol. The van der Waals surface area contributed by atoms with E-state index in [-0.39, 0.29) is 42.6 Å². The van der Waals surface area contributed by atoms with E-state index in [0.717, 1.165) is 12.8 Å². The number of piperazine rings is 1. The van der Waals surface area contributed by atoms with E-state index >= 15 is 0 Å². The summed E-state index contributed by atoms with van der Waals surface area (Å²) in [4.78, 5) is 25.3. The van der Waals surface area contributed by atoms with Crippen LogP contribution in [0.3, 0.4) is 0 Å². The summed E-state index contributed by atoms with van der Waals surface area (Å²) in [5.74, 6) is -1.26. The molecule has 0 radical (unpaired) electrons. The molecule has 1 aromatic rings. The van der Waals surface area contributed by atoms with Crippen molar-refractivity contribution in [3.05, 3.63) is 29.8 Å². The van der Waals surface area contributed by atoms with Crippen molar-refractivity contribution in [2.45, 2.75) is 38.0 Å². The van der Waals surface area contributed by atoms with E-state index in [4.69, 9.17) is 0 Å². The summed E-state index contributed by atoms with van der Waals surface area (Å²) in [7, 11) is -7.25. The first-order valence-corrected chi connectivity index (χ1v) is 12.9. The minimum Gasteiger partial charge on any atom is -0.339 e. The van der Waals surface area contributed by atoms with Crippen LogP contribution in [0.15, 0.2) is 29.2 Å². The highest BCUT2D eigenvalue weighted by molar-refractivity contribution is 7.92. The van der Waals surface area contributed by atoms with Gasteiger partial charge < -0.3 is 4.90 Å². The summed E-state index contributed by atoms with van der Waals surface area (Å²) in [6.45, 7) is 3.76. The Kier molecular flexibility index (Phi) is 7.95. The minimum atomic E-state index is -3.79. The minimum absolute atomic E-state index is 0.00653. The zero-order valence-electron chi connectivity index (χ0n) is 16.8. The molecule has 1 heterocycles. The van der Waals surface area contributed by atoms with Crippen molar-refractivity contribution >= 4 is 31.6 Å². The number of ketones is 1. The average Bonchev–Trinajstić information content (AvgIpc) is 2.68. The van der Waals surface area contributed by atoms with Gasteiger partial charge in [-0.1, -0.05) is 31.9 Å². The van der Waals surface area contributed by atoms with Crippen LogP contribution in [0, 0.1) is 0 Å². The lowest BCUT2D eigenvalue weighted by Crippen LogP contribution is -2.51. The number of hydrogen-bond donors (Lipinski definition) is 0. The number of carbonyl (C=O) groups excluding carboxylic acids is 2. The van der Waals surface area contributed by atoms with Crippen LogP contribution in [0.1, 0.15) is 43.5 Å². The van der Waals surface area contributed by atoms with E-state index in [1.807, 2.05) is 6.92 Å². The highest BCUT2D eigenvalue weighted by Gasteiger charge is 2.31. The number of rotatable bonds is 9.